The summed E-state index contributed by atoms with van der Waals surface area (Å²) < 4.78 is 68.1. The Bertz CT molecular complexity index is 653. The number of benzene rings is 1. The van der Waals surface area contributed by atoms with Crippen molar-refractivity contribution in [3.8, 4) is 6.07 Å². The average Bonchev–Trinajstić information content (AvgIpc) is 2.42. The molecule has 0 radical (unpaired) electrons. The van der Waals surface area contributed by atoms with E-state index in [2.05, 4.69) is 0 Å². The molecule has 0 aliphatic heterocycles. The second-order valence-corrected chi connectivity index (χ2v) is 6.41. The fraction of sp³-hybridized carbons (Fsp3) is 0.462. The van der Waals surface area contributed by atoms with Gasteiger partial charge in [-0.2, -0.15) is 22.7 Å². The number of alkyl halides is 3. The van der Waals surface area contributed by atoms with Crippen molar-refractivity contribution in [1.82, 2.24) is 4.31 Å². The van der Waals surface area contributed by atoms with Gasteiger partial charge in [0, 0.05) is 7.11 Å². The first-order valence-electron chi connectivity index (χ1n) is 6.17. The zero-order chi connectivity index (χ0) is 17.0. The van der Waals surface area contributed by atoms with E-state index in [4.69, 9.17) is 10.00 Å². The van der Waals surface area contributed by atoms with E-state index in [-0.39, 0.29) is 5.56 Å². The Morgan fingerprint density at radius 3 is 2.55 bits per heavy atom. The van der Waals surface area contributed by atoms with Crippen LogP contribution >= 0.6 is 0 Å². The van der Waals surface area contributed by atoms with Crippen molar-refractivity contribution in [3.05, 3.63) is 35.4 Å². The molecule has 1 aromatic carbocycles. The van der Waals surface area contributed by atoms with E-state index in [0.29, 0.717) is 0 Å². The van der Waals surface area contributed by atoms with Crippen LogP contribution in [0.25, 0.3) is 0 Å². The van der Waals surface area contributed by atoms with Crippen molar-refractivity contribution in [2.45, 2.75) is 25.1 Å². The van der Waals surface area contributed by atoms with Crippen LogP contribution < -0.4 is 0 Å². The molecule has 5 nitrogen and oxygen atoms in total. The lowest BCUT2D eigenvalue weighted by molar-refractivity contribution is -0.137. The van der Waals surface area contributed by atoms with Crippen LogP contribution in [0, 0.1) is 11.3 Å². The summed E-state index contributed by atoms with van der Waals surface area (Å²) in [6, 6.07) is 5.76. The maximum Gasteiger partial charge on any atom is 0.416 e. The predicted molar refractivity (Wildman–Crippen MR) is 72.9 cm³/mol. The van der Waals surface area contributed by atoms with Gasteiger partial charge >= 0.3 is 6.18 Å². The summed E-state index contributed by atoms with van der Waals surface area (Å²) in [7, 11) is -2.72. The summed E-state index contributed by atoms with van der Waals surface area (Å²) in [4.78, 5) is 0. The molecule has 9 heteroatoms. The molecule has 22 heavy (non-hydrogen) atoms. The van der Waals surface area contributed by atoms with Crippen molar-refractivity contribution < 1.29 is 26.3 Å². The maximum absolute atomic E-state index is 12.6. The van der Waals surface area contributed by atoms with E-state index in [0.717, 1.165) is 22.5 Å². The summed E-state index contributed by atoms with van der Waals surface area (Å²) in [5, 5.41) is 8.70. The number of nitriles is 1. The minimum Gasteiger partial charge on any atom is -0.366 e. The lowest BCUT2D eigenvalue weighted by atomic mass is 10.1. The Kier molecular flexibility index (Phi) is 5.93. The lowest BCUT2D eigenvalue weighted by Crippen LogP contribution is -2.40. The smallest absolute Gasteiger partial charge is 0.366 e. The SMILES string of the molecule is COC(C)N(CC#N)S(=O)(=O)Cc1cccc(C(F)(F)F)c1. The van der Waals surface area contributed by atoms with Crippen LogP contribution in [0.2, 0.25) is 0 Å². The van der Waals surface area contributed by atoms with Gasteiger partial charge in [0.15, 0.2) is 0 Å². The molecule has 0 aliphatic carbocycles. The Balaban J connectivity index is 3.08. The highest BCUT2D eigenvalue weighted by molar-refractivity contribution is 7.88. The highest BCUT2D eigenvalue weighted by Crippen LogP contribution is 2.30. The van der Waals surface area contributed by atoms with Crippen molar-refractivity contribution in [2.75, 3.05) is 13.7 Å². The van der Waals surface area contributed by atoms with Crippen molar-refractivity contribution >= 4 is 10.0 Å². The van der Waals surface area contributed by atoms with Gasteiger partial charge in [0.05, 0.1) is 17.4 Å². The molecule has 0 saturated carbocycles. The maximum atomic E-state index is 12.6. The zero-order valence-corrected chi connectivity index (χ0v) is 12.8. The molecule has 0 amide bonds. The summed E-state index contributed by atoms with van der Waals surface area (Å²) in [5.41, 5.74) is -0.937. The summed E-state index contributed by atoms with van der Waals surface area (Å²) in [6.07, 6.45) is -5.44. The number of methoxy groups -OCH3 is 1. The molecule has 0 spiro atoms. The molecule has 0 heterocycles. The van der Waals surface area contributed by atoms with Crippen LogP contribution in [0.4, 0.5) is 13.2 Å². The van der Waals surface area contributed by atoms with Gasteiger partial charge in [-0.05, 0) is 18.6 Å². The lowest BCUT2D eigenvalue weighted by Gasteiger charge is -2.24. The molecule has 1 atom stereocenters. The van der Waals surface area contributed by atoms with Crippen LogP contribution in [0.5, 0.6) is 0 Å². The first-order valence-corrected chi connectivity index (χ1v) is 7.78. The van der Waals surface area contributed by atoms with E-state index in [1.807, 2.05) is 0 Å². The van der Waals surface area contributed by atoms with Gasteiger partial charge in [-0.1, -0.05) is 18.2 Å². The van der Waals surface area contributed by atoms with Gasteiger partial charge < -0.3 is 4.74 Å². The van der Waals surface area contributed by atoms with E-state index >= 15 is 0 Å². The van der Waals surface area contributed by atoms with E-state index in [9.17, 15) is 21.6 Å². The molecular formula is C13H15F3N2O3S. The van der Waals surface area contributed by atoms with E-state index in [1.54, 1.807) is 6.07 Å². The van der Waals surface area contributed by atoms with Crippen LogP contribution in [0.1, 0.15) is 18.1 Å². The molecule has 1 aromatic rings. The molecule has 0 aromatic heterocycles. The second kappa shape index (κ2) is 7.09. The van der Waals surface area contributed by atoms with Crippen LogP contribution in [0.3, 0.4) is 0 Å². The van der Waals surface area contributed by atoms with Gasteiger partial charge in [-0.25, -0.2) is 8.42 Å². The molecular weight excluding hydrogens is 321 g/mol. The monoisotopic (exact) mass is 336 g/mol. The van der Waals surface area contributed by atoms with Gasteiger partial charge in [-0.15, -0.1) is 0 Å². The number of halogens is 3. The minimum absolute atomic E-state index is 0.0129. The molecule has 0 N–H and O–H groups in total. The summed E-state index contributed by atoms with van der Waals surface area (Å²) in [5.74, 6) is -0.647. The highest BCUT2D eigenvalue weighted by atomic mass is 32.2. The molecule has 1 unspecified atom stereocenters. The normalized spacial score (nSPS) is 13.9. The van der Waals surface area contributed by atoms with E-state index < -0.39 is 40.3 Å². The Hall–Kier alpha value is -1.63. The van der Waals surface area contributed by atoms with Crippen LogP contribution in [-0.2, 0) is 26.7 Å². The van der Waals surface area contributed by atoms with Crippen molar-refractivity contribution in [3.63, 3.8) is 0 Å². The Labute approximate surface area is 127 Å². The summed E-state index contributed by atoms with van der Waals surface area (Å²) >= 11 is 0. The van der Waals surface area contributed by atoms with Crippen LogP contribution in [0.15, 0.2) is 24.3 Å². The first kappa shape index (κ1) is 18.4. The number of nitrogens with zero attached hydrogens (tertiary/aromatic N) is 2. The first-order chi connectivity index (χ1) is 10.1. The van der Waals surface area contributed by atoms with E-state index in [1.165, 1.54) is 20.1 Å². The largest absolute Gasteiger partial charge is 0.416 e. The quantitative estimate of drug-likeness (QED) is 0.591. The highest BCUT2D eigenvalue weighted by Gasteiger charge is 2.32. The molecule has 0 saturated heterocycles. The number of hydrogen-bond acceptors (Lipinski definition) is 4. The number of sulfonamides is 1. The van der Waals surface area contributed by atoms with Gasteiger partial charge in [0.25, 0.3) is 0 Å². The second-order valence-electron chi connectivity index (χ2n) is 4.49. The third-order valence-corrected chi connectivity index (χ3v) is 4.77. The minimum atomic E-state index is -4.55. The standard InChI is InChI=1S/C13H15F3N2O3S/c1-10(21-2)18(7-6-17)22(19,20)9-11-4-3-5-12(8-11)13(14,15)16/h3-5,8,10H,7,9H2,1-2H3. The van der Waals surface area contributed by atoms with Gasteiger partial charge in [0.2, 0.25) is 10.0 Å². The Morgan fingerprint density at radius 2 is 2.05 bits per heavy atom. The fourth-order valence-electron chi connectivity index (χ4n) is 1.77. The Morgan fingerprint density at radius 1 is 1.41 bits per heavy atom. The zero-order valence-electron chi connectivity index (χ0n) is 12.0. The number of rotatable bonds is 6. The van der Waals surface area contributed by atoms with Crippen LogP contribution in [-0.4, -0.2) is 32.6 Å². The molecule has 122 valence electrons. The average molecular weight is 336 g/mol. The van der Waals surface area contributed by atoms with Gasteiger partial charge in [-0.3, -0.25) is 0 Å². The molecule has 0 fully saturated rings. The topological polar surface area (TPSA) is 70.4 Å². The molecule has 0 bridgehead atoms. The predicted octanol–water partition coefficient (Wildman–Crippen LogP) is 2.35. The van der Waals surface area contributed by atoms with Crippen molar-refractivity contribution in [1.29, 1.82) is 5.26 Å². The van der Waals surface area contributed by atoms with Gasteiger partial charge in [0.1, 0.15) is 12.8 Å². The third kappa shape index (κ3) is 4.69. The molecule has 0 aliphatic rings. The third-order valence-electron chi connectivity index (χ3n) is 2.93. The number of hydrogen-bond donors (Lipinski definition) is 0. The fourth-order valence-corrected chi connectivity index (χ4v) is 3.33. The van der Waals surface area contributed by atoms with Crippen molar-refractivity contribution in [2.24, 2.45) is 0 Å². The molecule has 1 rings (SSSR count). The number of ether oxygens (including phenoxy) is 1. The summed E-state index contributed by atoms with van der Waals surface area (Å²) in [6.45, 7) is 0.983.